The number of benzene rings is 3. The molecule has 8 nitrogen and oxygen atoms in total. The van der Waals surface area contributed by atoms with Gasteiger partial charge in [-0.2, -0.15) is 4.31 Å². The lowest BCUT2D eigenvalue weighted by Gasteiger charge is -2.16. The molecule has 2 heterocycles. The van der Waals surface area contributed by atoms with Gasteiger partial charge in [-0.3, -0.25) is 9.36 Å². The highest BCUT2D eigenvalue weighted by Gasteiger charge is 2.28. The van der Waals surface area contributed by atoms with Crippen molar-refractivity contribution in [1.29, 1.82) is 0 Å². The van der Waals surface area contributed by atoms with E-state index in [1.54, 1.807) is 18.2 Å². The lowest BCUT2D eigenvalue weighted by Crippen LogP contribution is -2.27. The Bertz CT molecular complexity index is 1520. The smallest absolute Gasteiger partial charge is 0.243 e. The molecule has 4 aromatic rings. The van der Waals surface area contributed by atoms with E-state index in [1.165, 1.54) is 16.1 Å². The highest BCUT2D eigenvalue weighted by Crippen LogP contribution is 2.30. The van der Waals surface area contributed by atoms with Crippen molar-refractivity contribution in [3.63, 3.8) is 0 Å². The van der Waals surface area contributed by atoms with E-state index in [9.17, 15) is 13.2 Å². The molecule has 5 rings (SSSR count). The number of nitrogens with one attached hydrogen (secondary N) is 1. The minimum Gasteiger partial charge on any atom is -0.325 e. The molecule has 1 fully saturated rings. The van der Waals surface area contributed by atoms with Crippen molar-refractivity contribution in [2.24, 2.45) is 0 Å². The van der Waals surface area contributed by atoms with Crippen molar-refractivity contribution in [2.45, 2.75) is 22.9 Å². The second-order valence-corrected chi connectivity index (χ2v) is 12.6. The summed E-state index contributed by atoms with van der Waals surface area (Å²) in [5.41, 5.74) is 2.18. The van der Waals surface area contributed by atoms with Crippen LogP contribution in [0.5, 0.6) is 0 Å². The molecule has 0 aliphatic carbocycles. The standard InChI is InChI=1S/C26H24IN5O3S2/c27-20-9-7-10-21(17-20)28-24(33)18-36-26-30-29-25(32(26)22-11-2-1-3-12-22)19-8-6-13-23(16-19)37(34,35)31-14-4-5-15-31/h1-3,6-13,16-17H,4-5,14-15,18H2,(H,28,33). The molecule has 0 bridgehead atoms. The maximum atomic E-state index is 13.2. The summed E-state index contributed by atoms with van der Waals surface area (Å²) in [6.07, 6.45) is 1.75. The van der Waals surface area contributed by atoms with Crippen molar-refractivity contribution < 1.29 is 13.2 Å². The highest BCUT2D eigenvalue weighted by atomic mass is 127. The quantitative estimate of drug-likeness (QED) is 0.213. The summed E-state index contributed by atoms with van der Waals surface area (Å²) < 4.78 is 30.7. The molecule has 1 saturated heterocycles. The number of carbonyl (C=O) groups is 1. The number of nitrogens with zero attached hydrogens (tertiary/aromatic N) is 4. The molecule has 0 saturated carbocycles. The highest BCUT2D eigenvalue weighted by molar-refractivity contribution is 14.1. The summed E-state index contributed by atoms with van der Waals surface area (Å²) in [6.45, 7) is 1.08. The first-order valence-electron chi connectivity index (χ1n) is 11.7. The van der Waals surface area contributed by atoms with Crippen molar-refractivity contribution >= 4 is 56.0 Å². The third kappa shape index (κ3) is 5.89. The molecule has 0 unspecified atom stereocenters. The van der Waals surface area contributed by atoms with Crippen molar-refractivity contribution in [2.75, 3.05) is 24.2 Å². The predicted molar refractivity (Wildman–Crippen MR) is 153 cm³/mol. The summed E-state index contributed by atoms with van der Waals surface area (Å²) in [4.78, 5) is 12.9. The second kappa shape index (κ2) is 11.3. The number of aromatic nitrogens is 3. The molecule has 37 heavy (non-hydrogen) atoms. The number of halogens is 1. The van der Waals surface area contributed by atoms with Gasteiger partial charge in [0.2, 0.25) is 15.9 Å². The van der Waals surface area contributed by atoms with Crippen LogP contribution in [0.25, 0.3) is 17.1 Å². The van der Waals surface area contributed by atoms with Gasteiger partial charge in [-0.05, 0) is 77.9 Å². The van der Waals surface area contributed by atoms with Gasteiger partial charge in [-0.15, -0.1) is 10.2 Å². The van der Waals surface area contributed by atoms with E-state index in [-0.39, 0.29) is 16.6 Å². The van der Waals surface area contributed by atoms with Crippen LogP contribution in [0, 0.1) is 3.57 Å². The number of amides is 1. The molecule has 1 amide bonds. The van der Waals surface area contributed by atoms with E-state index in [0.29, 0.717) is 29.6 Å². The van der Waals surface area contributed by atoms with Gasteiger partial charge in [0.15, 0.2) is 11.0 Å². The fraction of sp³-hybridized carbons (Fsp3) is 0.192. The number of anilines is 1. The number of carbonyl (C=O) groups excluding carboxylic acids is 1. The van der Waals surface area contributed by atoms with Gasteiger partial charge in [-0.25, -0.2) is 8.42 Å². The normalized spacial score (nSPS) is 14.1. The Morgan fingerprint density at radius 1 is 0.946 bits per heavy atom. The second-order valence-electron chi connectivity index (χ2n) is 8.46. The average Bonchev–Trinajstić information content (AvgIpc) is 3.59. The van der Waals surface area contributed by atoms with E-state index in [4.69, 9.17) is 0 Å². The summed E-state index contributed by atoms with van der Waals surface area (Å²) in [7, 11) is -3.58. The van der Waals surface area contributed by atoms with Crippen LogP contribution in [0.3, 0.4) is 0 Å². The number of thioether (sulfide) groups is 1. The Kier molecular flexibility index (Phi) is 7.93. The van der Waals surface area contributed by atoms with Gasteiger partial charge in [-0.1, -0.05) is 48.2 Å². The van der Waals surface area contributed by atoms with Crippen LogP contribution in [0.1, 0.15) is 12.8 Å². The van der Waals surface area contributed by atoms with Crippen LogP contribution in [-0.2, 0) is 14.8 Å². The Labute approximate surface area is 233 Å². The molecule has 0 atom stereocenters. The third-order valence-electron chi connectivity index (χ3n) is 5.88. The zero-order valence-electron chi connectivity index (χ0n) is 19.7. The molecule has 1 aliphatic rings. The minimum absolute atomic E-state index is 0.139. The molecule has 1 aliphatic heterocycles. The zero-order chi connectivity index (χ0) is 25.8. The van der Waals surface area contributed by atoms with E-state index in [1.807, 2.05) is 65.2 Å². The lowest BCUT2D eigenvalue weighted by atomic mass is 10.2. The number of hydrogen-bond donors (Lipinski definition) is 1. The fourth-order valence-electron chi connectivity index (χ4n) is 4.13. The molecular weight excluding hydrogens is 621 g/mol. The van der Waals surface area contributed by atoms with Gasteiger partial charge in [0.05, 0.1) is 10.6 Å². The van der Waals surface area contributed by atoms with Crippen molar-refractivity contribution in [1.82, 2.24) is 19.1 Å². The third-order valence-corrected chi connectivity index (χ3v) is 9.38. The molecular formula is C26H24IN5O3S2. The topological polar surface area (TPSA) is 97.2 Å². The van der Waals surface area contributed by atoms with Gasteiger partial charge >= 0.3 is 0 Å². The van der Waals surface area contributed by atoms with E-state index < -0.39 is 10.0 Å². The van der Waals surface area contributed by atoms with Crippen LogP contribution < -0.4 is 5.32 Å². The lowest BCUT2D eigenvalue weighted by molar-refractivity contribution is -0.113. The molecule has 190 valence electrons. The van der Waals surface area contributed by atoms with Crippen LogP contribution >= 0.6 is 34.4 Å². The Hall–Kier alpha value is -2.74. The Morgan fingerprint density at radius 3 is 2.46 bits per heavy atom. The Morgan fingerprint density at radius 2 is 1.70 bits per heavy atom. The van der Waals surface area contributed by atoms with Crippen molar-refractivity contribution in [3.8, 4) is 17.1 Å². The monoisotopic (exact) mass is 645 g/mol. The molecule has 1 N–H and O–H groups in total. The summed E-state index contributed by atoms with van der Waals surface area (Å²) in [5.74, 6) is 0.486. The van der Waals surface area contributed by atoms with E-state index >= 15 is 0 Å². The van der Waals surface area contributed by atoms with Gasteiger partial charge in [0.1, 0.15) is 0 Å². The number of sulfonamides is 1. The summed E-state index contributed by atoms with van der Waals surface area (Å²) >= 11 is 3.47. The van der Waals surface area contributed by atoms with Crippen LogP contribution in [0.15, 0.2) is 88.9 Å². The molecule has 1 aromatic heterocycles. The first kappa shape index (κ1) is 25.9. The first-order valence-corrected chi connectivity index (χ1v) is 15.2. The van der Waals surface area contributed by atoms with Crippen molar-refractivity contribution in [3.05, 3.63) is 82.4 Å². The van der Waals surface area contributed by atoms with Gasteiger partial charge < -0.3 is 5.32 Å². The molecule has 11 heteroatoms. The predicted octanol–water partition coefficient (Wildman–Crippen LogP) is 5.05. The average molecular weight is 646 g/mol. The number of hydrogen-bond acceptors (Lipinski definition) is 6. The first-order chi connectivity index (χ1) is 17.9. The number of rotatable bonds is 8. The van der Waals surface area contributed by atoms with E-state index in [2.05, 4.69) is 38.1 Å². The van der Waals surface area contributed by atoms with E-state index in [0.717, 1.165) is 27.8 Å². The SMILES string of the molecule is O=C(CSc1nnc(-c2cccc(S(=O)(=O)N3CCCC3)c2)n1-c1ccccc1)Nc1cccc(I)c1. The fourth-order valence-corrected chi connectivity index (χ4v) is 6.99. The van der Waals surface area contributed by atoms with Gasteiger partial charge in [0, 0.05) is 33.6 Å². The number of para-hydroxylation sites is 1. The minimum atomic E-state index is -3.58. The van der Waals surface area contributed by atoms with Crippen LogP contribution in [-0.4, -0.2) is 52.2 Å². The maximum Gasteiger partial charge on any atom is 0.243 e. The van der Waals surface area contributed by atoms with Crippen LogP contribution in [0.2, 0.25) is 0 Å². The molecule has 0 spiro atoms. The van der Waals surface area contributed by atoms with Crippen LogP contribution in [0.4, 0.5) is 5.69 Å². The zero-order valence-corrected chi connectivity index (χ0v) is 23.5. The maximum absolute atomic E-state index is 13.2. The molecule has 0 radical (unpaired) electrons. The Balaban J connectivity index is 1.44. The summed E-state index contributed by atoms with van der Waals surface area (Å²) in [6, 6.07) is 24.0. The van der Waals surface area contributed by atoms with Gasteiger partial charge in [0.25, 0.3) is 0 Å². The summed E-state index contributed by atoms with van der Waals surface area (Å²) in [5, 5.41) is 12.2. The largest absolute Gasteiger partial charge is 0.325 e. The molecule has 3 aromatic carbocycles.